The van der Waals surface area contributed by atoms with Gasteiger partial charge < -0.3 is 5.32 Å². The summed E-state index contributed by atoms with van der Waals surface area (Å²) in [6.07, 6.45) is 3.71. The summed E-state index contributed by atoms with van der Waals surface area (Å²) in [4.78, 5) is 4.78. The highest BCUT2D eigenvalue weighted by Crippen LogP contribution is 2.36. The van der Waals surface area contributed by atoms with Crippen LogP contribution in [0.2, 0.25) is 5.02 Å². The van der Waals surface area contributed by atoms with Gasteiger partial charge in [-0.3, -0.25) is 0 Å². The Bertz CT molecular complexity index is 809. The van der Waals surface area contributed by atoms with Crippen LogP contribution in [0.15, 0.2) is 63.8 Å². The van der Waals surface area contributed by atoms with Gasteiger partial charge in [-0.2, -0.15) is 5.11 Å². The Morgan fingerprint density at radius 1 is 1.08 bits per heavy atom. The summed E-state index contributed by atoms with van der Waals surface area (Å²) in [5.74, 6) is 0.781. The predicted molar refractivity (Wildman–Crippen MR) is 110 cm³/mol. The molecular weight excluding hydrogens is 344 g/mol. The highest BCUT2D eigenvalue weighted by molar-refractivity contribution is 6.30. The molecule has 0 aromatic heterocycles. The molecule has 1 heterocycles. The summed E-state index contributed by atoms with van der Waals surface area (Å²) in [7, 11) is 0. The van der Waals surface area contributed by atoms with Gasteiger partial charge >= 0.3 is 0 Å². The SMILES string of the molecule is CCC1(CC)Nc2ccccc2N=C1N=NCCCc1cccc(Cl)c1. The van der Waals surface area contributed by atoms with E-state index in [1.807, 2.05) is 36.4 Å². The van der Waals surface area contributed by atoms with Crippen molar-refractivity contribution in [3.63, 3.8) is 0 Å². The van der Waals surface area contributed by atoms with Crippen LogP contribution in [0.3, 0.4) is 0 Å². The van der Waals surface area contributed by atoms with Gasteiger partial charge in [0.1, 0.15) is 0 Å². The first-order valence-corrected chi connectivity index (χ1v) is 9.63. The number of halogens is 1. The minimum Gasteiger partial charge on any atom is -0.371 e. The van der Waals surface area contributed by atoms with E-state index in [4.69, 9.17) is 16.6 Å². The molecule has 3 rings (SSSR count). The zero-order chi connectivity index (χ0) is 18.4. The highest BCUT2D eigenvalue weighted by atomic mass is 35.5. The van der Waals surface area contributed by atoms with Crippen LogP contribution in [0.1, 0.15) is 38.7 Å². The van der Waals surface area contributed by atoms with Crippen molar-refractivity contribution in [1.82, 2.24) is 0 Å². The van der Waals surface area contributed by atoms with Gasteiger partial charge in [-0.05, 0) is 55.5 Å². The van der Waals surface area contributed by atoms with Crippen molar-refractivity contribution in [3.8, 4) is 0 Å². The van der Waals surface area contributed by atoms with Gasteiger partial charge in [0.25, 0.3) is 0 Å². The third-order valence-electron chi connectivity index (χ3n) is 4.92. The number of hydrogen-bond donors (Lipinski definition) is 1. The standard InChI is InChI=1S/C21H25ClN4/c1-3-21(4-2)20(24-18-12-5-6-13-19(18)25-21)26-23-14-8-10-16-9-7-11-17(22)15-16/h5-7,9,11-13,15,25H,3-4,8,10,14H2,1-2H3. The first kappa shape index (κ1) is 18.6. The quantitative estimate of drug-likeness (QED) is 0.463. The number of nitrogens with one attached hydrogen (secondary N) is 1. The molecule has 2 aromatic rings. The van der Waals surface area contributed by atoms with Crippen molar-refractivity contribution in [2.75, 3.05) is 11.9 Å². The second kappa shape index (κ2) is 8.45. The largest absolute Gasteiger partial charge is 0.371 e. The molecule has 26 heavy (non-hydrogen) atoms. The number of fused-ring (bicyclic) bond motifs is 1. The lowest BCUT2D eigenvalue weighted by Crippen LogP contribution is -2.46. The van der Waals surface area contributed by atoms with Crippen LogP contribution in [0.5, 0.6) is 0 Å². The topological polar surface area (TPSA) is 49.1 Å². The number of rotatable bonds is 6. The Kier molecular flexibility index (Phi) is 6.04. The smallest absolute Gasteiger partial charge is 0.176 e. The number of aryl methyl sites for hydroxylation is 1. The molecule has 0 spiro atoms. The number of aliphatic imine (C=N–C) groups is 1. The van der Waals surface area contributed by atoms with Crippen LogP contribution >= 0.6 is 11.6 Å². The van der Waals surface area contributed by atoms with E-state index in [2.05, 4.69) is 41.5 Å². The maximum atomic E-state index is 6.03. The molecule has 0 saturated heterocycles. The molecule has 0 atom stereocenters. The number of nitrogens with zero attached hydrogens (tertiary/aromatic N) is 3. The number of anilines is 1. The van der Waals surface area contributed by atoms with Gasteiger partial charge in [-0.25, -0.2) is 4.99 Å². The van der Waals surface area contributed by atoms with Crippen LogP contribution < -0.4 is 5.32 Å². The molecule has 1 aliphatic heterocycles. The van der Waals surface area contributed by atoms with E-state index < -0.39 is 0 Å². The zero-order valence-electron chi connectivity index (χ0n) is 15.4. The third-order valence-corrected chi connectivity index (χ3v) is 5.15. The average molecular weight is 369 g/mol. The number of para-hydroxylation sites is 2. The van der Waals surface area contributed by atoms with Crippen LogP contribution in [0, 0.1) is 0 Å². The normalized spacial score (nSPS) is 15.4. The summed E-state index contributed by atoms with van der Waals surface area (Å²) in [6, 6.07) is 16.1. The first-order chi connectivity index (χ1) is 12.7. The van der Waals surface area contributed by atoms with Gasteiger partial charge in [0.15, 0.2) is 5.84 Å². The Morgan fingerprint density at radius 2 is 1.88 bits per heavy atom. The zero-order valence-corrected chi connectivity index (χ0v) is 16.1. The molecular formula is C21H25ClN4. The monoisotopic (exact) mass is 368 g/mol. The molecule has 0 amide bonds. The number of hydrogen-bond acceptors (Lipinski definition) is 4. The molecule has 0 saturated carbocycles. The van der Waals surface area contributed by atoms with Crippen molar-refractivity contribution in [2.45, 2.75) is 45.1 Å². The molecule has 2 aromatic carbocycles. The van der Waals surface area contributed by atoms with Gasteiger partial charge in [-0.15, -0.1) is 5.11 Å². The molecule has 1 aliphatic rings. The van der Waals surface area contributed by atoms with E-state index in [1.165, 1.54) is 5.56 Å². The van der Waals surface area contributed by atoms with Gasteiger partial charge in [0, 0.05) is 5.02 Å². The highest BCUT2D eigenvalue weighted by Gasteiger charge is 2.36. The van der Waals surface area contributed by atoms with E-state index in [0.29, 0.717) is 6.54 Å². The van der Waals surface area contributed by atoms with Crippen LogP contribution in [0.4, 0.5) is 11.4 Å². The second-order valence-corrected chi connectivity index (χ2v) is 7.00. The van der Waals surface area contributed by atoms with E-state index in [1.54, 1.807) is 0 Å². The fraction of sp³-hybridized carbons (Fsp3) is 0.381. The summed E-state index contributed by atoms with van der Waals surface area (Å²) >= 11 is 6.03. The number of amidine groups is 1. The lowest BCUT2D eigenvalue weighted by molar-refractivity contribution is 0.559. The maximum absolute atomic E-state index is 6.03. The molecule has 0 aliphatic carbocycles. The van der Waals surface area contributed by atoms with Crippen molar-refractivity contribution < 1.29 is 0 Å². The Labute approximate surface area is 160 Å². The summed E-state index contributed by atoms with van der Waals surface area (Å²) in [6.45, 7) is 5.00. The minimum absolute atomic E-state index is 0.245. The third kappa shape index (κ3) is 4.13. The van der Waals surface area contributed by atoms with Gasteiger partial charge in [-0.1, -0.05) is 49.7 Å². The molecule has 1 N–H and O–H groups in total. The molecule has 0 bridgehead atoms. The van der Waals surface area contributed by atoms with E-state index in [-0.39, 0.29) is 5.54 Å². The fourth-order valence-corrected chi connectivity index (χ4v) is 3.45. The van der Waals surface area contributed by atoms with E-state index in [9.17, 15) is 0 Å². The molecule has 136 valence electrons. The minimum atomic E-state index is -0.245. The Morgan fingerprint density at radius 3 is 2.65 bits per heavy atom. The van der Waals surface area contributed by atoms with Gasteiger partial charge in [0.05, 0.1) is 23.5 Å². The Hall–Kier alpha value is -2.20. The molecule has 0 fully saturated rings. The maximum Gasteiger partial charge on any atom is 0.176 e. The number of azo groups is 1. The Balaban J connectivity index is 1.68. The van der Waals surface area contributed by atoms with Crippen molar-refractivity contribution in [3.05, 3.63) is 59.1 Å². The molecule has 0 unspecified atom stereocenters. The summed E-state index contributed by atoms with van der Waals surface area (Å²) < 4.78 is 0. The summed E-state index contributed by atoms with van der Waals surface area (Å²) in [5, 5.41) is 13.3. The second-order valence-electron chi connectivity index (χ2n) is 6.57. The molecule has 5 heteroatoms. The molecule has 4 nitrogen and oxygen atoms in total. The van der Waals surface area contributed by atoms with Crippen LogP contribution in [-0.2, 0) is 6.42 Å². The van der Waals surface area contributed by atoms with E-state index in [0.717, 1.165) is 47.9 Å². The fourth-order valence-electron chi connectivity index (χ4n) is 3.24. The lowest BCUT2D eigenvalue weighted by Gasteiger charge is -2.36. The number of benzene rings is 2. The first-order valence-electron chi connectivity index (χ1n) is 9.25. The van der Waals surface area contributed by atoms with Crippen molar-refractivity contribution in [2.24, 2.45) is 15.2 Å². The van der Waals surface area contributed by atoms with E-state index >= 15 is 0 Å². The van der Waals surface area contributed by atoms with Crippen LogP contribution in [-0.4, -0.2) is 17.9 Å². The van der Waals surface area contributed by atoms with Crippen molar-refractivity contribution in [1.29, 1.82) is 0 Å². The average Bonchev–Trinajstić information content (AvgIpc) is 2.67. The lowest BCUT2D eigenvalue weighted by atomic mass is 9.89. The molecule has 0 radical (unpaired) electrons. The van der Waals surface area contributed by atoms with Gasteiger partial charge in [0.2, 0.25) is 0 Å². The summed E-state index contributed by atoms with van der Waals surface area (Å²) in [5.41, 5.74) is 2.98. The van der Waals surface area contributed by atoms with Crippen LogP contribution in [0.25, 0.3) is 0 Å². The van der Waals surface area contributed by atoms with Crippen molar-refractivity contribution >= 4 is 28.8 Å². The predicted octanol–water partition coefficient (Wildman–Crippen LogP) is 6.44.